The predicted molar refractivity (Wildman–Crippen MR) is 137 cm³/mol. The summed E-state index contributed by atoms with van der Waals surface area (Å²) in [6.07, 6.45) is 6.49. The molecule has 8 heteroatoms. The van der Waals surface area contributed by atoms with E-state index < -0.39 is 5.91 Å². The number of ketones is 1. The zero-order valence-corrected chi connectivity index (χ0v) is 19.4. The molecular weight excluding hydrogens is 460 g/mol. The summed E-state index contributed by atoms with van der Waals surface area (Å²) in [5, 5.41) is 23.5. The summed E-state index contributed by atoms with van der Waals surface area (Å²) < 4.78 is 5.11. The van der Waals surface area contributed by atoms with Crippen LogP contribution in [0.3, 0.4) is 0 Å². The van der Waals surface area contributed by atoms with Gasteiger partial charge in [0.05, 0.1) is 24.8 Å². The Labute approximate surface area is 207 Å². The Morgan fingerprint density at radius 3 is 2.28 bits per heavy atom. The van der Waals surface area contributed by atoms with Crippen molar-refractivity contribution in [2.24, 2.45) is 5.10 Å². The number of hydrogen-bond acceptors (Lipinski definition) is 7. The second-order valence-corrected chi connectivity index (χ2v) is 7.59. The van der Waals surface area contributed by atoms with E-state index in [1.54, 1.807) is 60.7 Å². The van der Waals surface area contributed by atoms with Crippen LogP contribution in [0, 0.1) is 0 Å². The fourth-order valence-corrected chi connectivity index (χ4v) is 3.10. The fourth-order valence-electron chi connectivity index (χ4n) is 3.10. The molecule has 8 nitrogen and oxygen atoms in total. The number of amides is 1. The number of phenols is 2. The van der Waals surface area contributed by atoms with Gasteiger partial charge in [-0.05, 0) is 59.7 Å². The molecule has 0 aliphatic heterocycles. The highest BCUT2D eigenvalue weighted by molar-refractivity contribution is 6.13. The van der Waals surface area contributed by atoms with Crippen molar-refractivity contribution in [1.82, 2.24) is 5.43 Å². The number of benzene rings is 3. The van der Waals surface area contributed by atoms with Gasteiger partial charge < -0.3 is 14.9 Å². The third kappa shape index (κ3) is 7.26. The number of ether oxygens (including phenoxy) is 1. The van der Waals surface area contributed by atoms with Crippen molar-refractivity contribution in [2.75, 3.05) is 7.11 Å². The molecule has 3 aromatic carbocycles. The highest BCUT2D eigenvalue weighted by atomic mass is 16.5. The molecule has 0 atom stereocenters. The number of carbonyl (C=O) groups is 3. The number of nitrogens with one attached hydrogen (secondary N) is 1. The highest BCUT2D eigenvalue weighted by Crippen LogP contribution is 2.26. The van der Waals surface area contributed by atoms with Crippen LogP contribution in [0.2, 0.25) is 0 Å². The summed E-state index contributed by atoms with van der Waals surface area (Å²) in [4.78, 5) is 36.0. The minimum Gasteiger partial charge on any atom is -0.507 e. The van der Waals surface area contributed by atoms with Crippen LogP contribution in [0.15, 0.2) is 84.0 Å². The average Bonchev–Trinajstić information content (AvgIpc) is 2.90. The maximum atomic E-state index is 12.6. The van der Waals surface area contributed by atoms with Gasteiger partial charge in [0.25, 0.3) is 5.91 Å². The van der Waals surface area contributed by atoms with E-state index in [1.807, 2.05) is 0 Å². The van der Waals surface area contributed by atoms with Crippen molar-refractivity contribution in [2.45, 2.75) is 6.42 Å². The summed E-state index contributed by atoms with van der Waals surface area (Å²) in [5.74, 6) is -0.604. The molecule has 3 N–H and O–H groups in total. The first-order chi connectivity index (χ1) is 17.4. The molecule has 0 aliphatic carbocycles. The predicted octanol–water partition coefficient (Wildman–Crippen LogP) is 4.39. The quantitative estimate of drug-likeness (QED) is 0.170. The Morgan fingerprint density at radius 1 is 0.917 bits per heavy atom. The lowest BCUT2D eigenvalue weighted by Crippen LogP contribution is -2.20. The first-order valence-corrected chi connectivity index (χ1v) is 10.9. The summed E-state index contributed by atoms with van der Waals surface area (Å²) in [5.41, 5.74) is 4.51. The van der Waals surface area contributed by atoms with Gasteiger partial charge >= 0.3 is 0 Å². The number of hydrogen-bond donors (Lipinski definition) is 3. The Bertz CT molecular complexity index is 1340. The van der Waals surface area contributed by atoms with Crippen molar-refractivity contribution >= 4 is 35.8 Å². The third-order valence-corrected chi connectivity index (χ3v) is 5.00. The van der Waals surface area contributed by atoms with Crippen LogP contribution in [-0.2, 0) is 4.79 Å². The number of methoxy groups -OCH3 is 1. The molecule has 0 unspecified atom stereocenters. The van der Waals surface area contributed by atoms with Crippen molar-refractivity contribution < 1.29 is 29.3 Å². The van der Waals surface area contributed by atoms with Gasteiger partial charge in [-0.25, -0.2) is 5.43 Å². The molecule has 0 saturated heterocycles. The van der Waals surface area contributed by atoms with Gasteiger partial charge in [-0.1, -0.05) is 42.5 Å². The van der Waals surface area contributed by atoms with E-state index in [0.29, 0.717) is 23.0 Å². The molecule has 1 amide bonds. The lowest BCUT2D eigenvalue weighted by Gasteiger charge is -2.05. The molecule has 0 heterocycles. The Balaban J connectivity index is 1.80. The molecule has 3 aromatic rings. The van der Waals surface area contributed by atoms with Crippen LogP contribution in [0.5, 0.6) is 17.2 Å². The molecule has 0 aromatic heterocycles. The second-order valence-electron chi connectivity index (χ2n) is 7.59. The van der Waals surface area contributed by atoms with E-state index in [2.05, 4.69) is 10.5 Å². The highest BCUT2D eigenvalue weighted by Gasteiger charge is 2.08. The molecule has 36 heavy (non-hydrogen) atoms. The molecular formula is C28H24N2O6. The van der Waals surface area contributed by atoms with Gasteiger partial charge in [0.2, 0.25) is 0 Å². The molecule has 0 bridgehead atoms. The van der Waals surface area contributed by atoms with Crippen molar-refractivity contribution in [3.63, 3.8) is 0 Å². The zero-order chi connectivity index (χ0) is 25.9. The monoisotopic (exact) mass is 484 g/mol. The average molecular weight is 485 g/mol. The van der Waals surface area contributed by atoms with Gasteiger partial charge in [0.1, 0.15) is 5.75 Å². The number of rotatable bonds is 10. The maximum absolute atomic E-state index is 12.6. The van der Waals surface area contributed by atoms with E-state index in [0.717, 1.165) is 0 Å². The van der Waals surface area contributed by atoms with Crippen molar-refractivity contribution in [1.29, 1.82) is 0 Å². The Morgan fingerprint density at radius 2 is 1.58 bits per heavy atom. The molecule has 3 rings (SSSR count). The standard InChI is InChI=1S/C28H24N2O6/c1-36-27-16-20(10-14-26(27)34)7-11-23(29-30-28(35)21-5-3-2-4-6-21)17-24(32)12-8-19-9-13-25(33)22(15-19)18-31/h2-16,18,33-34H,17H2,1H3,(H,30,35)/b11-7+,12-8+,29-23+. The Kier molecular flexibility index (Phi) is 8.88. The van der Waals surface area contributed by atoms with Gasteiger partial charge in [-0.2, -0.15) is 5.10 Å². The van der Waals surface area contributed by atoms with E-state index in [9.17, 15) is 24.6 Å². The summed E-state index contributed by atoms with van der Waals surface area (Å²) >= 11 is 0. The van der Waals surface area contributed by atoms with Crippen LogP contribution in [-0.4, -0.2) is 41.0 Å². The number of hydrazone groups is 1. The van der Waals surface area contributed by atoms with Crippen LogP contribution < -0.4 is 10.2 Å². The topological polar surface area (TPSA) is 125 Å². The zero-order valence-electron chi connectivity index (χ0n) is 19.4. The smallest absolute Gasteiger partial charge is 0.271 e. The van der Waals surface area contributed by atoms with Gasteiger partial charge in [0, 0.05) is 5.56 Å². The van der Waals surface area contributed by atoms with Crippen molar-refractivity contribution in [3.05, 3.63) is 101 Å². The molecule has 0 spiro atoms. The third-order valence-electron chi connectivity index (χ3n) is 5.00. The number of phenolic OH excluding ortho intramolecular Hbond substituents is 2. The summed E-state index contributed by atoms with van der Waals surface area (Å²) in [7, 11) is 1.44. The van der Waals surface area contributed by atoms with E-state index in [1.165, 1.54) is 37.5 Å². The largest absolute Gasteiger partial charge is 0.507 e. The van der Waals surface area contributed by atoms with Gasteiger partial charge in [0.15, 0.2) is 23.6 Å². The molecule has 0 radical (unpaired) electrons. The normalized spacial score (nSPS) is 11.5. The van der Waals surface area contributed by atoms with E-state index in [-0.39, 0.29) is 40.7 Å². The molecule has 0 saturated carbocycles. The van der Waals surface area contributed by atoms with Crippen LogP contribution in [0.4, 0.5) is 0 Å². The second kappa shape index (κ2) is 12.5. The van der Waals surface area contributed by atoms with Gasteiger partial charge in [-0.15, -0.1) is 0 Å². The number of nitrogens with zero attached hydrogens (tertiary/aromatic N) is 1. The minimum absolute atomic E-state index is 0.00838. The number of aromatic hydroxyl groups is 2. The minimum atomic E-state index is -0.429. The molecule has 0 aliphatic rings. The van der Waals surface area contributed by atoms with Crippen LogP contribution in [0.1, 0.15) is 38.3 Å². The molecule has 0 fully saturated rings. The van der Waals surface area contributed by atoms with Gasteiger partial charge in [-0.3, -0.25) is 14.4 Å². The maximum Gasteiger partial charge on any atom is 0.271 e. The Hall–Kier alpha value is -4.98. The summed E-state index contributed by atoms with van der Waals surface area (Å²) in [6.45, 7) is 0. The number of allylic oxidation sites excluding steroid dienone is 2. The number of aldehydes is 1. The molecule has 182 valence electrons. The number of carbonyl (C=O) groups excluding carboxylic acids is 3. The van der Waals surface area contributed by atoms with Crippen LogP contribution >= 0.6 is 0 Å². The summed E-state index contributed by atoms with van der Waals surface area (Å²) in [6, 6.07) is 17.7. The SMILES string of the molecule is COc1cc(/C=C/C(CC(=O)/C=C/c2ccc(O)c(C=O)c2)=N\NC(=O)c2ccccc2)ccc1O. The first kappa shape index (κ1) is 25.6. The fraction of sp³-hybridized carbons (Fsp3) is 0.0714. The lowest BCUT2D eigenvalue weighted by molar-refractivity contribution is -0.113. The first-order valence-electron chi connectivity index (χ1n) is 10.9. The van der Waals surface area contributed by atoms with E-state index >= 15 is 0 Å². The van der Waals surface area contributed by atoms with Crippen molar-refractivity contribution in [3.8, 4) is 17.2 Å². The van der Waals surface area contributed by atoms with Crippen LogP contribution in [0.25, 0.3) is 12.2 Å². The lowest BCUT2D eigenvalue weighted by atomic mass is 10.1. The van der Waals surface area contributed by atoms with E-state index in [4.69, 9.17) is 4.74 Å².